The number of ether oxygens (including phenoxy) is 1. The Morgan fingerprint density at radius 1 is 0.902 bits per heavy atom. The maximum Gasteiger partial charge on any atom is 0.264 e. The van der Waals surface area contributed by atoms with E-state index in [9.17, 15) is 13.2 Å². The molecule has 0 spiro atoms. The van der Waals surface area contributed by atoms with Crippen molar-refractivity contribution in [1.82, 2.24) is 9.88 Å². The van der Waals surface area contributed by atoms with Crippen LogP contribution in [0.1, 0.15) is 36.1 Å². The van der Waals surface area contributed by atoms with Crippen LogP contribution in [-0.4, -0.2) is 57.0 Å². The summed E-state index contributed by atoms with van der Waals surface area (Å²) in [6, 6.07) is 22.4. The van der Waals surface area contributed by atoms with Crippen molar-refractivity contribution in [2.24, 2.45) is 0 Å². The van der Waals surface area contributed by atoms with E-state index in [0.29, 0.717) is 47.1 Å². The molecule has 1 aromatic heterocycles. The molecule has 2 N–H and O–H groups in total. The lowest BCUT2D eigenvalue weighted by Crippen LogP contribution is -2.35. The number of carbonyl (C=O) groups is 1. The molecule has 4 heterocycles. The van der Waals surface area contributed by atoms with Crippen LogP contribution in [0.2, 0.25) is 0 Å². The van der Waals surface area contributed by atoms with Gasteiger partial charge in [-0.25, -0.2) is 8.42 Å². The Kier molecular flexibility index (Phi) is 6.55. The van der Waals surface area contributed by atoms with Gasteiger partial charge in [0.15, 0.2) is 5.76 Å². The molecule has 3 aliphatic heterocycles. The topological polar surface area (TPSA) is 94.7 Å². The molecule has 0 saturated carbocycles. The fraction of sp³-hybridized carbons (Fsp3) is 0.281. The molecule has 0 unspecified atom stereocenters. The maximum atomic E-state index is 14.0. The monoisotopic (exact) mass is 568 g/mol. The van der Waals surface area contributed by atoms with Gasteiger partial charge in [0, 0.05) is 35.2 Å². The summed E-state index contributed by atoms with van der Waals surface area (Å²) in [5, 5.41) is 3.93. The molecule has 0 atom stereocenters. The Bertz CT molecular complexity index is 1750. The number of hydrogen-bond donors (Lipinski definition) is 2. The van der Waals surface area contributed by atoms with Crippen LogP contribution in [-0.2, 0) is 26.0 Å². The first kappa shape index (κ1) is 25.9. The Labute approximate surface area is 239 Å². The summed E-state index contributed by atoms with van der Waals surface area (Å²) >= 11 is 0. The summed E-state index contributed by atoms with van der Waals surface area (Å²) in [5.41, 5.74) is 4.79. The van der Waals surface area contributed by atoms with Crippen LogP contribution in [0.3, 0.4) is 0 Å². The molecule has 0 radical (unpaired) electrons. The summed E-state index contributed by atoms with van der Waals surface area (Å²) < 4.78 is 35.8. The van der Waals surface area contributed by atoms with E-state index in [1.165, 1.54) is 17.1 Å². The largest absolute Gasteiger partial charge is 0.489 e. The third-order valence-corrected chi connectivity index (χ3v) is 10.1. The third kappa shape index (κ3) is 4.69. The lowest BCUT2D eigenvalue weighted by Gasteiger charge is -2.30. The van der Waals surface area contributed by atoms with Crippen LogP contribution in [0.25, 0.3) is 22.2 Å². The number of anilines is 2. The standard InChI is InChI=1S/C32H32N4O4S/c37-32-30(31(40-19-18-35-15-5-6-16-35)28-20-23-9-1-3-11-26(23)33-28)25-21-24(13-14-27(25)34-32)41(38,39)36-17-7-10-22-8-2-4-12-29(22)36/h1-4,8-9,11-14,20-21,33H,5-7,10,15-19H2,(H,34,37). The van der Waals surface area contributed by atoms with Gasteiger partial charge in [-0.15, -0.1) is 0 Å². The van der Waals surface area contributed by atoms with Gasteiger partial charge >= 0.3 is 0 Å². The number of hydrogen-bond acceptors (Lipinski definition) is 5. The highest BCUT2D eigenvalue weighted by Gasteiger charge is 2.34. The van der Waals surface area contributed by atoms with Crippen LogP contribution < -0.4 is 9.62 Å². The van der Waals surface area contributed by atoms with Crippen molar-refractivity contribution in [2.75, 3.05) is 42.4 Å². The van der Waals surface area contributed by atoms with Crippen LogP contribution in [0.5, 0.6) is 0 Å². The molecule has 0 aliphatic carbocycles. The number of aromatic nitrogens is 1. The van der Waals surface area contributed by atoms with E-state index in [1.54, 1.807) is 18.2 Å². The number of para-hydroxylation sites is 2. The Balaban J connectivity index is 1.31. The molecule has 1 saturated heterocycles. The van der Waals surface area contributed by atoms with E-state index in [4.69, 9.17) is 4.74 Å². The highest BCUT2D eigenvalue weighted by atomic mass is 32.2. The van der Waals surface area contributed by atoms with E-state index in [0.717, 1.165) is 48.9 Å². The van der Waals surface area contributed by atoms with Gasteiger partial charge in [0.25, 0.3) is 15.9 Å². The SMILES string of the molecule is O=C1Nc2ccc(S(=O)(=O)N3CCCc4ccccc43)cc2C1=C(OCCN1CCCC1)c1cc2ccccc2[nH]1. The summed E-state index contributed by atoms with van der Waals surface area (Å²) in [7, 11) is -3.86. The fourth-order valence-corrected chi connectivity index (χ4v) is 7.74. The second kappa shape index (κ2) is 10.4. The molecule has 41 heavy (non-hydrogen) atoms. The number of benzene rings is 3. The van der Waals surface area contributed by atoms with Crippen molar-refractivity contribution in [2.45, 2.75) is 30.6 Å². The van der Waals surface area contributed by atoms with E-state index < -0.39 is 10.0 Å². The quantitative estimate of drug-likeness (QED) is 0.235. The number of rotatable bonds is 7. The zero-order valence-corrected chi connectivity index (χ0v) is 23.5. The minimum atomic E-state index is -3.86. The predicted octanol–water partition coefficient (Wildman–Crippen LogP) is 5.24. The van der Waals surface area contributed by atoms with E-state index in [-0.39, 0.29) is 10.8 Å². The number of aryl methyl sites for hydroxylation is 1. The molecule has 9 heteroatoms. The number of amides is 1. The summed E-state index contributed by atoms with van der Waals surface area (Å²) in [5.74, 6) is 0.113. The van der Waals surface area contributed by atoms with Crippen LogP contribution in [0.4, 0.5) is 11.4 Å². The molecule has 1 fully saturated rings. The normalized spacial score (nSPS) is 18.3. The van der Waals surface area contributed by atoms with Gasteiger partial charge in [-0.2, -0.15) is 0 Å². The number of aromatic amines is 1. The number of H-pyrrole nitrogens is 1. The van der Waals surface area contributed by atoms with Crippen molar-refractivity contribution in [3.63, 3.8) is 0 Å². The molecule has 210 valence electrons. The van der Waals surface area contributed by atoms with Gasteiger partial charge in [-0.05, 0) is 80.7 Å². The van der Waals surface area contributed by atoms with E-state index >= 15 is 0 Å². The molecule has 7 rings (SSSR count). The van der Waals surface area contributed by atoms with Crippen LogP contribution >= 0.6 is 0 Å². The zero-order valence-electron chi connectivity index (χ0n) is 22.7. The number of nitrogens with one attached hydrogen (secondary N) is 2. The molecule has 3 aliphatic rings. The zero-order chi connectivity index (χ0) is 28.0. The first-order valence-corrected chi connectivity index (χ1v) is 15.7. The number of nitrogens with zero attached hydrogens (tertiary/aromatic N) is 2. The van der Waals surface area contributed by atoms with Crippen molar-refractivity contribution in [3.8, 4) is 0 Å². The van der Waals surface area contributed by atoms with Crippen LogP contribution in [0.15, 0.2) is 77.7 Å². The number of fused-ring (bicyclic) bond motifs is 3. The van der Waals surface area contributed by atoms with Crippen molar-refractivity contribution >= 4 is 49.5 Å². The second-order valence-electron chi connectivity index (χ2n) is 10.8. The van der Waals surface area contributed by atoms with Crippen molar-refractivity contribution in [3.05, 3.63) is 89.6 Å². The molecule has 3 aromatic carbocycles. The lowest BCUT2D eigenvalue weighted by molar-refractivity contribution is -0.110. The Morgan fingerprint density at radius 3 is 2.56 bits per heavy atom. The first-order valence-electron chi connectivity index (χ1n) is 14.2. The summed E-state index contributed by atoms with van der Waals surface area (Å²) in [6.45, 7) is 3.68. The minimum absolute atomic E-state index is 0.148. The predicted molar refractivity (Wildman–Crippen MR) is 161 cm³/mol. The van der Waals surface area contributed by atoms with Gasteiger partial charge in [0.1, 0.15) is 6.61 Å². The van der Waals surface area contributed by atoms with Crippen LogP contribution in [0, 0.1) is 0 Å². The maximum absolute atomic E-state index is 14.0. The number of carbonyl (C=O) groups excluding carboxylic acids is 1. The second-order valence-corrected chi connectivity index (χ2v) is 12.7. The molecular formula is C32H32N4O4S. The van der Waals surface area contributed by atoms with Crippen molar-refractivity contribution in [1.29, 1.82) is 0 Å². The van der Waals surface area contributed by atoms with Gasteiger partial charge in [-0.1, -0.05) is 36.4 Å². The average Bonchev–Trinajstić information content (AvgIpc) is 3.73. The Morgan fingerprint density at radius 2 is 1.71 bits per heavy atom. The fourth-order valence-electron chi connectivity index (χ4n) is 6.17. The highest BCUT2D eigenvalue weighted by Crippen LogP contribution is 2.40. The first-order chi connectivity index (χ1) is 20.0. The summed E-state index contributed by atoms with van der Waals surface area (Å²) in [6.07, 6.45) is 3.97. The minimum Gasteiger partial charge on any atom is -0.489 e. The van der Waals surface area contributed by atoms with E-state index in [1.807, 2.05) is 54.6 Å². The van der Waals surface area contributed by atoms with Crippen molar-refractivity contribution < 1.29 is 17.9 Å². The van der Waals surface area contributed by atoms with Gasteiger partial charge in [0.05, 0.1) is 21.8 Å². The van der Waals surface area contributed by atoms with Gasteiger partial charge in [-0.3, -0.25) is 14.0 Å². The smallest absolute Gasteiger partial charge is 0.264 e. The molecule has 0 bridgehead atoms. The third-order valence-electron chi connectivity index (χ3n) is 8.25. The summed E-state index contributed by atoms with van der Waals surface area (Å²) in [4.78, 5) is 19.4. The van der Waals surface area contributed by atoms with Gasteiger partial charge < -0.3 is 15.0 Å². The molecule has 8 nitrogen and oxygen atoms in total. The van der Waals surface area contributed by atoms with Gasteiger partial charge in [0.2, 0.25) is 0 Å². The molecule has 4 aromatic rings. The number of likely N-dealkylation sites (tertiary alicyclic amines) is 1. The number of sulfonamides is 1. The highest BCUT2D eigenvalue weighted by molar-refractivity contribution is 7.92. The molecule has 1 amide bonds. The molecular weight excluding hydrogens is 536 g/mol. The average molecular weight is 569 g/mol. The Hall–Kier alpha value is -4.08. The van der Waals surface area contributed by atoms with E-state index in [2.05, 4.69) is 15.2 Å². The lowest BCUT2D eigenvalue weighted by atomic mass is 10.0.